The van der Waals surface area contributed by atoms with Crippen molar-refractivity contribution in [2.24, 2.45) is 12.1 Å². The minimum absolute atomic E-state index is 0.244. The second-order valence-electron chi connectivity index (χ2n) is 4.72. The lowest BCUT2D eigenvalue weighted by atomic mass is 10.2. The summed E-state index contributed by atoms with van der Waals surface area (Å²) in [6, 6.07) is 0. The first kappa shape index (κ1) is 15.2. The third-order valence-corrected chi connectivity index (χ3v) is 4.47. The Kier molecular flexibility index (Phi) is 3.56. The van der Waals surface area contributed by atoms with Gasteiger partial charge in [0.15, 0.2) is 0 Å². The number of aromatic nitrogens is 5. The number of aryl methyl sites for hydroxylation is 1. The Bertz CT molecular complexity index is 801. The summed E-state index contributed by atoms with van der Waals surface area (Å²) in [7, 11) is 1.84. The number of hydrogen-bond acceptors (Lipinski definition) is 5. The van der Waals surface area contributed by atoms with Crippen molar-refractivity contribution in [2.75, 3.05) is 0 Å². The van der Waals surface area contributed by atoms with Crippen LogP contribution in [0.4, 0.5) is 8.78 Å². The van der Waals surface area contributed by atoms with Crippen molar-refractivity contribution in [2.45, 2.75) is 24.4 Å². The number of nitrogens with zero attached hydrogens (tertiary/aromatic N) is 6. The van der Waals surface area contributed by atoms with Crippen LogP contribution in [0.3, 0.4) is 0 Å². The zero-order chi connectivity index (χ0) is 16.1. The molecule has 0 amide bonds. The highest BCUT2D eigenvalue weighted by Crippen LogP contribution is 2.38. The molecule has 3 rings (SSSR count). The molecule has 0 N–H and O–H groups in total. The van der Waals surface area contributed by atoms with Gasteiger partial charge in [-0.3, -0.25) is 4.68 Å². The smallest absolute Gasteiger partial charge is 0.272 e. The second kappa shape index (κ2) is 5.17. The van der Waals surface area contributed by atoms with Crippen molar-refractivity contribution < 1.29 is 8.78 Å². The quantitative estimate of drug-likeness (QED) is 0.786. The second-order valence-corrected chi connectivity index (χ2v) is 6.20. The Morgan fingerprint density at radius 2 is 2.05 bits per heavy atom. The van der Waals surface area contributed by atoms with Crippen LogP contribution in [0.2, 0.25) is 0 Å². The predicted molar refractivity (Wildman–Crippen MR) is 80.1 cm³/mol. The van der Waals surface area contributed by atoms with Gasteiger partial charge in [-0.05, 0) is 43.3 Å². The summed E-state index contributed by atoms with van der Waals surface area (Å²) in [4.78, 5) is 0.792. The number of halogens is 3. The van der Waals surface area contributed by atoms with Gasteiger partial charge in [-0.1, -0.05) is 0 Å². The van der Waals surface area contributed by atoms with E-state index in [0.29, 0.717) is 5.71 Å². The van der Waals surface area contributed by atoms with E-state index in [1.54, 1.807) is 17.8 Å². The molecular weight excluding hydrogens is 334 g/mol. The van der Waals surface area contributed by atoms with Gasteiger partial charge in [-0.15, -0.1) is 10.2 Å². The highest BCUT2D eigenvalue weighted by atomic mass is 35.5. The molecular formula is C12H11ClF2N6S. The average molecular weight is 345 g/mol. The van der Waals surface area contributed by atoms with Crippen molar-refractivity contribution in [1.29, 1.82) is 0 Å². The summed E-state index contributed by atoms with van der Waals surface area (Å²) in [6.07, 6.45) is 3.62. The minimum Gasteiger partial charge on any atom is -0.272 e. The molecule has 0 bridgehead atoms. The zero-order valence-corrected chi connectivity index (χ0v) is 13.5. The fourth-order valence-electron chi connectivity index (χ4n) is 1.90. The summed E-state index contributed by atoms with van der Waals surface area (Å²) in [5.74, 6) is -0.687. The fourth-order valence-corrected chi connectivity index (χ4v) is 2.88. The van der Waals surface area contributed by atoms with Crippen LogP contribution >= 0.6 is 23.4 Å². The molecule has 0 unspecified atom stereocenters. The van der Waals surface area contributed by atoms with Crippen LogP contribution in [-0.2, 0) is 12.4 Å². The van der Waals surface area contributed by atoms with Crippen LogP contribution in [0.15, 0.2) is 21.4 Å². The van der Waals surface area contributed by atoms with E-state index in [-0.39, 0.29) is 5.16 Å². The van der Waals surface area contributed by atoms with E-state index in [1.807, 2.05) is 20.0 Å². The molecule has 0 saturated carbocycles. The van der Waals surface area contributed by atoms with Gasteiger partial charge in [0.2, 0.25) is 11.0 Å². The Labute approximate surface area is 133 Å². The van der Waals surface area contributed by atoms with E-state index < -0.39 is 11.2 Å². The first-order chi connectivity index (χ1) is 10.3. The van der Waals surface area contributed by atoms with Gasteiger partial charge >= 0.3 is 5.38 Å². The van der Waals surface area contributed by atoms with E-state index in [2.05, 4.69) is 20.4 Å². The van der Waals surface area contributed by atoms with Crippen molar-refractivity contribution in [3.63, 3.8) is 0 Å². The molecule has 0 atom stereocenters. The molecule has 2 aromatic heterocycles. The molecule has 0 saturated heterocycles. The number of allylic oxidation sites excluding steroid dienone is 1. The molecule has 0 radical (unpaired) electrons. The van der Waals surface area contributed by atoms with Gasteiger partial charge in [-0.25, -0.2) is 0 Å². The van der Waals surface area contributed by atoms with Crippen LogP contribution < -0.4 is 0 Å². The van der Waals surface area contributed by atoms with Crippen LogP contribution in [0.5, 0.6) is 0 Å². The number of alkyl halides is 3. The lowest BCUT2D eigenvalue weighted by molar-refractivity contribution is 0.0799. The molecule has 0 aliphatic carbocycles. The minimum atomic E-state index is -3.61. The maximum Gasteiger partial charge on any atom is 0.383 e. The molecule has 10 heteroatoms. The normalized spacial score (nSPS) is 16.8. The Hall–Kier alpha value is -1.74. The largest absolute Gasteiger partial charge is 0.383 e. The van der Waals surface area contributed by atoms with Crippen LogP contribution in [0.1, 0.15) is 24.0 Å². The molecule has 1 aliphatic heterocycles. The Balaban J connectivity index is 2.02. The van der Waals surface area contributed by atoms with Gasteiger partial charge in [0.1, 0.15) is 0 Å². The third-order valence-electron chi connectivity index (χ3n) is 3.23. The summed E-state index contributed by atoms with van der Waals surface area (Å²) < 4.78 is 29.2. The SMILES string of the molecule is CC1=Nn2c(nnc2C(F)(F)Cl)SC1=Cc1cnn(C)c1C. The molecule has 0 aromatic carbocycles. The Morgan fingerprint density at radius 3 is 2.64 bits per heavy atom. The van der Waals surface area contributed by atoms with Gasteiger partial charge in [0.25, 0.3) is 0 Å². The topological polar surface area (TPSA) is 60.9 Å². The molecule has 0 fully saturated rings. The molecule has 22 heavy (non-hydrogen) atoms. The number of rotatable bonds is 2. The summed E-state index contributed by atoms with van der Waals surface area (Å²) in [5, 5.41) is 12.1. The molecule has 3 heterocycles. The summed E-state index contributed by atoms with van der Waals surface area (Å²) in [5.41, 5.74) is 2.49. The van der Waals surface area contributed by atoms with E-state index >= 15 is 0 Å². The number of thioether (sulfide) groups is 1. The van der Waals surface area contributed by atoms with Crippen LogP contribution in [0, 0.1) is 6.92 Å². The molecule has 0 spiro atoms. The highest BCUT2D eigenvalue weighted by molar-refractivity contribution is 8.04. The van der Waals surface area contributed by atoms with E-state index in [1.165, 1.54) is 11.8 Å². The van der Waals surface area contributed by atoms with Gasteiger partial charge in [0.05, 0.1) is 11.9 Å². The third kappa shape index (κ3) is 2.54. The van der Waals surface area contributed by atoms with Crippen molar-refractivity contribution in [3.8, 4) is 0 Å². The van der Waals surface area contributed by atoms with Crippen molar-refractivity contribution in [3.05, 3.63) is 28.2 Å². The molecule has 116 valence electrons. The van der Waals surface area contributed by atoms with Crippen LogP contribution in [-0.4, -0.2) is 30.4 Å². The molecule has 2 aromatic rings. The number of fused-ring (bicyclic) bond motifs is 1. The fraction of sp³-hybridized carbons (Fsp3) is 0.333. The standard InChI is InChI=1S/C12H11ClF2N6S/c1-6-9(4-8-5-16-20(3)7(8)2)22-11-18-17-10(12(13,14)15)21(11)19-6/h4-5H,1-3H3. The maximum absolute atomic E-state index is 13.2. The van der Waals surface area contributed by atoms with E-state index in [9.17, 15) is 8.78 Å². The van der Waals surface area contributed by atoms with Crippen LogP contribution in [0.25, 0.3) is 6.08 Å². The van der Waals surface area contributed by atoms with E-state index in [0.717, 1.165) is 20.8 Å². The lowest BCUT2D eigenvalue weighted by Crippen LogP contribution is -2.15. The van der Waals surface area contributed by atoms with Gasteiger partial charge in [-0.2, -0.15) is 23.7 Å². The summed E-state index contributed by atoms with van der Waals surface area (Å²) in [6.45, 7) is 3.66. The summed E-state index contributed by atoms with van der Waals surface area (Å²) >= 11 is 6.22. The van der Waals surface area contributed by atoms with Crippen molar-refractivity contribution in [1.82, 2.24) is 24.7 Å². The van der Waals surface area contributed by atoms with Gasteiger partial charge < -0.3 is 0 Å². The maximum atomic E-state index is 13.2. The highest BCUT2D eigenvalue weighted by Gasteiger charge is 2.37. The van der Waals surface area contributed by atoms with Gasteiger partial charge in [0, 0.05) is 23.2 Å². The molecule has 1 aliphatic rings. The number of hydrogen-bond donors (Lipinski definition) is 0. The van der Waals surface area contributed by atoms with Crippen molar-refractivity contribution >= 4 is 35.2 Å². The van der Waals surface area contributed by atoms with E-state index in [4.69, 9.17) is 11.6 Å². The average Bonchev–Trinajstić information content (AvgIpc) is 2.97. The molecule has 6 nitrogen and oxygen atoms in total. The Morgan fingerprint density at radius 1 is 1.32 bits per heavy atom. The zero-order valence-electron chi connectivity index (χ0n) is 11.9. The first-order valence-corrected chi connectivity index (χ1v) is 7.43. The lowest BCUT2D eigenvalue weighted by Gasteiger charge is -2.15. The predicted octanol–water partition coefficient (Wildman–Crippen LogP) is 2.98. The monoisotopic (exact) mass is 344 g/mol. The first-order valence-electron chi connectivity index (χ1n) is 6.24.